The maximum absolute atomic E-state index is 13.6. The first kappa shape index (κ1) is 21.6. The molecule has 166 valence electrons. The van der Waals surface area contributed by atoms with Gasteiger partial charge in [0.2, 0.25) is 11.8 Å². The summed E-state index contributed by atoms with van der Waals surface area (Å²) in [4.78, 5) is 20.3. The van der Waals surface area contributed by atoms with Gasteiger partial charge < -0.3 is 4.42 Å². The van der Waals surface area contributed by atoms with Gasteiger partial charge in [-0.05, 0) is 44.0 Å². The minimum Gasteiger partial charge on any atom is -0.419 e. The number of aryl methyl sites for hydroxylation is 2. The normalized spacial score (nSPS) is 12.3. The molecule has 6 nitrogen and oxygen atoms in total. The number of rotatable bonds is 6. The van der Waals surface area contributed by atoms with Gasteiger partial charge in [0.1, 0.15) is 4.83 Å². The van der Waals surface area contributed by atoms with Crippen molar-refractivity contribution in [2.75, 3.05) is 0 Å². The third-order valence-electron chi connectivity index (χ3n) is 5.53. The third kappa shape index (κ3) is 4.24. The summed E-state index contributed by atoms with van der Waals surface area (Å²) in [6.45, 7) is 6.46. The average molecular weight is 475 g/mol. The largest absolute Gasteiger partial charge is 0.419 e. The minimum atomic E-state index is -0.177. The van der Waals surface area contributed by atoms with Gasteiger partial charge in [-0.25, -0.2) is 4.98 Å². The monoisotopic (exact) mass is 474 g/mol. The van der Waals surface area contributed by atoms with Gasteiger partial charge in [-0.2, -0.15) is 0 Å². The van der Waals surface area contributed by atoms with Crippen molar-refractivity contribution in [2.45, 2.75) is 37.7 Å². The van der Waals surface area contributed by atoms with Gasteiger partial charge in [0.15, 0.2) is 5.16 Å². The van der Waals surface area contributed by atoms with Gasteiger partial charge in [0.05, 0.1) is 17.2 Å². The smallest absolute Gasteiger partial charge is 0.263 e. The molecule has 1 atom stereocenters. The molecule has 33 heavy (non-hydrogen) atoms. The predicted octanol–water partition coefficient (Wildman–Crippen LogP) is 6.03. The summed E-state index contributed by atoms with van der Waals surface area (Å²) in [7, 11) is 0. The van der Waals surface area contributed by atoms with Crippen molar-refractivity contribution in [1.82, 2.24) is 19.7 Å². The summed E-state index contributed by atoms with van der Waals surface area (Å²) < 4.78 is 7.70. The Bertz CT molecular complexity index is 1470. The molecule has 1 unspecified atom stereocenters. The van der Waals surface area contributed by atoms with Crippen LogP contribution in [0.15, 0.2) is 75.0 Å². The highest BCUT2D eigenvalue weighted by Gasteiger charge is 2.22. The molecule has 0 aliphatic rings. The zero-order valence-electron chi connectivity index (χ0n) is 18.5. The highest BCUT2D eigenvalue weighted by Crippen LogP contribution is 2.36. The fourth-order valence-corrected chi connectivity index (χ4v) is 5.62. The Labute approximate surface area is 199 Å². The van der Waals surface area contributed by atoms with Crippen LogP contribution in [0.2, 0.25) is 0 Å². The van der Waals surface area contributed by atoms with Crippen LogP contribution >= 0.6 is 23.1 Å². The molecule has 0 saturated heterocycles. The van der Waals surface area contributed by atoms with Gasteiger partial charge in [-0.15, -0.1) is 21.5 Å². The average Bonchev–Trinajstić information content (AvgIpc) is 3.43. The van der Waals surface area contributed by atoms with Crippen molar-refractivity contribution in [2.24, 2.45) is 0 Å². The second-order valence-electron chi connectivity index (χ2n) is 7.81. The molecule has 0 fully saturated rings. The molecule has 0 spiro atoms. The zero-order chi connectivity index (χ0) is 22.9. The molecule has 0 aliphatic heterocycles. The quantitative estimate of drug-likeness (QED) is 0.221. The second-order valence-corrected chi connectivity index (χ2v) is 10.3. The van der Waals surface area contributed by atoms with Crippen LogP contribution in [-0.4, -0.2) is 19.7 Å². The Morgan fingerprint density at radius 3 is 2.45 bits per heavy atom. The predicted molar refractivity (Wildman–Crippen MR) is 133 cm³/mol. The van der Waals surface area contributed by atoms with E-state index in [4.69, 9.17) is 9.40 Å². The lowest BCUT2D eigenvalue weighted by atomic mass is 10.2. The molecule has 0 saturated carbocycles. The SMILES string of the molecule is Cc1sc2nc(SC(C)c3nnc(-c4ccccc4)o3)n(Cc3ccccc3)c(=O)c2c1C. The Balaban J connectivity index is 1.53. The lowest BCUT2D eigenvalue weighted by Crippen LogP contribution is -2.24. The summed E-state index contributed by atoms with van der Waals surface area (Å²) in [5.41, 5.74) is 2.90. The van der Waals surface area contributed by atoms with Crippen molar-refractivity contribution < 1.29 is 4.42 Å². The van der Waals surface area contributed by atoms with Crippen molar-refractivity contribution in [3.05, 3.63) is 92.9 Å². The molecule has 3 aromatic heterocycles. The molecule has 0 N–H and O–H groups in total. The summed E-state index contributed by atoms with van der Waals surface area (Å²) in [5.74, 6) is 0.977. The highest BCUT2D eigenvalue weighted by molar-refractivity contribution is 7.99. The molecule has 5 aromatic rings. The van der Waals surface area contributed by atoms with Crippen molar-refractivity contribution in [3.63, 3.8) is 0 Å². The van der Waals surface area contributed by atoms with Crippen molar-refractivity contribution >= 4 is 33.3 Å². The molecule has 5 rings (SSSR count). The maximum atomic E-state index is 13.6. The van der Waals surface area contributed by atoms with Gasteiger partial charge in [0.25, 0.3) is 5.56 Å². The van der Waals surface area contributed by atoms with E-state index in [9.17, 15) is 4.79 Å². The van der Waals surface area contributed by atoms with E-state index in [1.807, 2.05) is 81.4 Å². The lowest BCUT2D eigenvalue weighted by molar-refractivity contribution is 0.508. The molecular formula is C25H22N4O2S2. The number of thioether (sulfide) groups is 1. The number of benzene rings is 2. The van der Waals surface area contributed by atoms with Crippen LogP contribution in [0.25, 0.3) is 21.7 Å². The van der Waals surface area contributed by atoms with E-state index in [0.29, 0.717) is 28.9 Å². The molecular weight excluding hydrogens is 452 g/mol. The van der Waals surface area contributed by atoms with Crippen molar-refractivity contribution in [1.29, 1.82) is 0 Å². The molecule has 0 amide bonds. The molecule has 2 aromatic carbocycles. The van der Waals surface area contributed by atoms with Crippen LogP contribution in [0.1, 0.15) is 34.1 Å². The van der Waals surface area contributed by atoms with E-state index in [2.05, 4.69) is 10.2 Å². The summed E-state index contributed by atoms with van der Waals surface area (Å²) in [6, 6.07) is 19.6. The lowest BCUT2D eigenvalue weighted by Gasteiger charge is -2.14. The zero-order valence-corrected chi connectivity index (χ0v) is 20.1. The number of hydrogen-bond donors (Lipinski definition) is 0. The van der Waals surface area contributed by atoms with E-state index in [0.717, 1.165) is 26.4 Å². The Kier molecular flexibility index (Phi) is 5.86. The van der Waals surface area contributed by atoms with E-state index in [1.165, 1.54) is 11.8 Å². The number of aromatic nitrogens is 4. The summed E-state index contributed by atoms with van der Waals surface area (Å²) in [5, 5.41) is 9.63. The molecule has 0 bridgehead atoms. The third-order valence-corrected chi connectivity index (χ3v) is 7.71. The first-order valence-corrected chi connectivity index (χ1v) is 12.3. The first-order valence-electron chi connectivity index (χ1n) is 10.6. The van der Waals surface area contributed by atoms with Crippen LogP contribution in [0.5, 0.6) is 0 Å². The minimum absolute atomic E-state index is 0.0177. The van der Waals surface area contributed by atoms with Crippen LogP contribution in [0.3, 0.4) is 0 Å². The second kappa shape index (κ2) is 8.96. The van der Waals surface area contributed by atoms with Gasteiger partial charge in [0, 0.05) is 10.4 Å². The summed E-state index contributed by atoms with van der Waals surface area (Å²) in [6.07, 6.45) is 0. The maximum Gasteiger partial charge on any atom is 0.263 e. The Morgan fingerprint density at radius 1 is 1.03 bits per heavy atom. The number of thiophene rings is 1. The number of nitrogens with zero attached hydrogens (tertiary/aromatic N) is 4. The van der Waals surface area contributed by atoms with Gasteiger partial charge in [-0.1, -0.05) is 60.3 Å². The fraction of sp³-hybridized carbons (Fsp3) is 0.200. The molecule has 0 radical (unpaired) electrons. The van der Waals surface area contributed by atoms with E-state index in [1.54, 1.807) is 15.9 Å². The first-order chi connectivity index (χ1) is 16.0. The van der Waals surface area contributed by atoms with Gasteiger partial charge in [-0.3, -0.25) is 9.36 Å². The summed E-state index contributed by atoms with van der Waals surface area (Å²) >= 11 is 3.01. The van der Waals surface area contributed by atoms with Crippen molar-refractivity contribution in [3.8, 4) is 11.5 Å². The topological polar surface area (TPSA) is 73.8 Å². The van der Waals surface area contributed by atoms with Crippen LogP contribution in [-0.2, 0) is 6.54 Å². The van der Waals surface area contributed by atoms with Crippen LogP contribution < -0.4 is 5.56 Å². The fourth-order valence-electron chi connectivity index (χ4n) is 3.61. The molecule has 0 aliphatic carbocycles. The Hall–Kier alpha value is -3.23. The molecule has 3 heterocycles. The van der Waals surface area contributed by atoms with Gasteiger partial charge >= 0.3 is 0 Å². The van der Waals surface area contributed by atoms with E-state index in [-0.39, 0.29) is 10.8 Å². The molecule has 8 heteroatoms. The van der Waals surface area contributed by atoms with Crippen LogP contribution in [0, 0.1) is 13.8 Å². The standard InChI is InChI=1S/C25H22N4O2S2/c1-15-16(2)32-23-20(15)24(30)29(14-18-10-6-4-7-11-18)25(26-23)33-17(3)21-27-28-22(31-21)19-12-8-5-9-13-19/h4-13,17H,14H2,1-3H3. The highest BCUT2D eigenvalue weighted by atomic mass is 32.2. The number of fused-ring (bicyclic) bond motifs is 1. The number of hydrogen-bond acceptors (Lipinski definition) is 7. The van der Waals surface area contributed by atoms with E-state index < -0.39 is 0 Å². The van der Waals surface area contributed by atoms with Crippen LogP contribution in [0.4, 0.5) is 0 Å². The Morgan fingerprint density at radius 2 is 1.73 bits per heavy atom. The van der Waals surface area contributed by atoms with E-state index >= 15 is 0 Å².